The van der Waals surface area contributed by atoms with Gasteiger partial charge < -0.3 is 4.74 Å². The smallest absolute Gasteiger partial charge is 0.302 e. The average molecular weight is 223 g/mol. The molecule has 11 heavy (non-hydrogen) atoms. The van der Waals surface area contributed by atoms with Crippen molar-refractivity contribution in [1.82, 2.24) is 0 Å². The summed E-state index contributed by atoms with van der Waals surface area (Å²) in [7, 11) is 0. The molecule has 0 aliphatic rings. The first-order valence-corrected chi connectivity index (χ1v) is 5.06. The first-order chi connectivity index (χ1) is 5.20. The molecule has 0 spiro atoms. The van der Waals surface area contributed by atoms with E-state index in [1.165, 1.54) is 6.92 Å². The highest BCUT2D eigenvalue weighted by atomic mass is 79.9. The summed E-state index contributed by atoms with van der Waals surface area (Å²) in [5.41, 5.74) is 0. The van der Waals surface area contributed by atoms with Crippen molar-refractivity contribution < 1.29 is 9.53 Å². The average Bonchev–Trinajstić information content (AvgIpc) is 1.97. The minimum atomic E-state index is -0.189. The van der Waals surface area contributed by atoms with E-state index in [1.807, 2.05) is 0 Å². The standard InChI is InChI=1S/C8H15BrO2/c1-3-4-5-8(6-9)11-7(2)10/h8H,3-6H2,1-2H3. The van der Waals surface area contributed by atoms with Crippen LogP contribution in [0.25, 0.3) is 0 Å². The van der Waals surface area contributed by atoms with E-state index in [9.17, 15) is 4.79 Å². The first-order valence-electron chi connectivity index (χ1n) is 3.93. The van der Waals surface area contributed by atoms with Gasteiger partial charge in [0.25, 0.3) is 0 Å². The Bertz CT molecular complexity index is 115. The van der Waals surface area contributed by atoms with Crippen LogP contribution in [-0.4, -0.2) is 17.4 Å². The predicted octanol–water partition coefficient (Wildman–Crippen LogP) is 2.50. The Hall–Kier alpha value is -0.0500. The third-order valence-electron chi connectivity index (χ3n) is 1.38. The van der Waals surface area contributed by atoms with Crippen molar-refractivity contribution in [3.8, 4) is 0 Å². The molecule has 0 aromatic carbocycles. The molecule has 2 nitrogen and oxygen atoms in total. The Morgan fingerprint density at radius 2 is 2.27 bits per heavy atom. The molecule has 3 heteroatoms. The molecule has 0 aromatic rings. The van der Waals surface area contributed by atoms with E-state index in [0.29, 0.717) is 0 Å². The summed E-state index contributed by atoms with van der Waals surface area (Å²) in [5.74, 6) is -0.189. The minimum Gasteiger partial charge on any atom is -0.462 e. The van der Waals surface area contributed by atoms with Crippen LogP contribution < -0.4 is 0 Å². The Morgan fingerprint density at radius 1 is 1.64 bits per heavy atom. The van der Waals surface area contributed by atoms with Gasteiger partial charge in [0.1, 0.15) is 6.10 Å². The molecular weight excluding hydrogens is 208 g/mol. The van der Waals surface area contributed by atoms with Crippen LogP contribution in [0, 0.1) is 0 Å². The van der Waals surface area contributed by atoms with E-state index in [0.717, 1.165) is 24.6 Å². The van der Waals surface area contributed by atoms with Crippen molar-refractivity contribution in [2.24, 2.45) is 0 Å². The van der Waals surface area contributed by atoms with Gasteiger partial charge in [-0.05, 0) is 6.42 Å². The summed E-state index contributed by atoms with van der Waals surface area (Å²) in [5, 5.41) is 0.743. The molecule has 1 unspecified atom stereocenters. The summed E-state index contributed by atoms with van der Waals surface area (Å²) >= 11 is 3.30. The fraction of sp³-hybridized carbons (Fsp3) is 0.875. The Balaban J connectivity index is 3.49. The van der Waals surface area contributed by atoms with E-state index < -0.39 is 0 Å². The van der Waals surface area contributed by atoms with Gasteiger partial charge in [-0.15, -0.1) is 0 Å². The van der Waals surface area contributed by atoms with Gasteiger partial charge in [-0.1, -0.05) is 35.7 Å². The topological polar surface area (TPSA) is 26.3 Å². The van der Waals surface area contributed by atoms with E-state index in [4.69, 9.17) is 4.74 Å². The van der Waals surface area contributed by atoms with E-state index >= 15 is 0 Å². The van der Waals surface area contributed by atoms with Crippen molar-refractivity contribution in [2.75, 3.05) is 5.33 Å². The summed E-state index contributed by atoms with van der Waals surface area (Å²) < 4.78 is 5.02. The molecule has 0 aromatic heterocycles. The van der Waals surface area contributed by atoms with Gasteiger partial charge in [0, 0.05) is 12.3 Å². The van der Waals surface area contributed by atoms with Crippen LogP contribution in [0.1, 0.15) is 33.1 Å². The maximum atomic E-state index is 10.5. The second-order valence-corrected chi connectivity index (χ2v) is 3.18. The number of carbonyl (C=O) groups excluding carboxylic acids is 1. The monoisotopic (exact) mass is 222 g/mol. The first kappa shape index (κ1) is 11.0. The Kier molecular flexibility index (Phi) is 6.62. The SMILES string of the molecule is CCCCC(CBr)OC(C)=O. The molecule has 0 aliphatic heterocycles. The molecule has 0 N–H and O–H groups in total. The molecule has 0 saturated heterocycles. The quantitative estimate of drug-likeness (QED) is 0.528. The summed E-state index contributed by atoms with van der Waals surface area (Å²) in [4.78, 5) is 10.5. The summed E-state index contributed by atoms with van der Waals surface area (Å²) in [6.07, 6.45) is 3.28. The maximum absolute atomic E-state index is 10.5. The van der Waals surface area contributed by atoms with Crippen LogP contribution >= 0.6 is 15.9 Å². The van der Waals surface area contributed by atoms with Crippen molar-refractivity contribution in [3.05, 3.63) is 0 Å². The molecule has 0 fully saturated rings. The van der Waals surface area contributed by atoms with E-state index in [1.54, 1.807) is 0 Å². The molecule has 66 valence electrons. The van der Waals surface area contributed by atoms with Crippen LogP contribution in [0.5, 0.6) is 0 Å². The highest BCUT2D eigenvalue weighted by Crippen LogP contribution is 2.07. The molecule has 0 radical (unpaired) electrons. The van der Waals surface area contributed by atoms with Crippen molar-refractivity contribution in [3.63, 3.8) is 0 Å². The number of unbranched alkanes of at least 4 members (excludes halogenated alkanes) is 1. The number of esters is 1. The zero-order chi connectivity index (χ0) is 8.69. The largest absolute Gasteiger partial charge is 0.462 e. The summed E-state index contributed by atoms with van der Waals surface area (Å²) in [6.45, 7) is 3.57. The van der Waals surface area contributed by atoms with Gasteiger partial charge >= 0.3 is 5.97 Å². The molecule has 0 amide bonds. The second-order valence-electron chi connectivity index (χ2n) is 2.53. The number of halogens is 1. The van der Waals surface area contributed by atoms with Crippen LogP contribution in [0.4, 0.5) is 0 Å². The zero-order valence-corrected chi connectivity index (χ0v) is 8.69. The van der Waals surface area contributed by atoms with Crippen LogP contribution in [0.3, 0.4) is 0 Å². The van der Waals surface area contributed by atoms with Gasteiger partial charge in [-0.2, -0.15) is 0 Å². The normalized spacial score (nSPS) is 12.6. The second kappa shape index (κ2) is 6.65. The molecule has 0 heterocycles. The fourth-order valence-electron chi connectivity index (χ4n) is 0.834. The lowest BCUT2D eigenvalue weighted by atomic mass is 10.2. The number of rotatable bonds is 5. The van der Waals surface area contributed by atoms with Crippen molar-refractivity contribution in [2.45, 2.75) is 39.2 Å². The van der Waals surface area contributed by atoms with Gasteiger partial charge in [0.05, 0.1) is 0 Å². The van der Waals surface area contributed by atoms with E-state index in [-0.39, 0.29) is 12.1 Å². The van der Waals surface area contributed by atoms with Gasteiger partial charge in [0.2, 0.25) is 0 Å². The highest BCUT2D eigenvalue weighted by Gasteiger charge is 2.08. The Labute approximate surface area is 76.4 Å². The van der Waals surface area contributed by atoms with E-state index in [2.05, 4.69) is 22.9 Å². The molecule has 0 rings (SSSR count). The third-order valence-corrected chi connectivity index (χ3v) is 2.11. The van der Waals surface area contributed by atoms with Crippen LogP contribution in [0.2, 0.25) is 0 Å². The molecule has 0 bridgehead atoms. The maximum Gasteiger partial charge on any atom is 0.302 e. The third kappa shape index (κ3) is 6.35. The minimum absolute atomic E-state index is 0.0625. The number of hydrogen-bond donors (Lipinski definition) is 0. The van der Waals surface area contributed by atoms with Crippen molar-refractivity contribution >= 4 is 21.9 Å². The number of hydrogen-bond acceptors (Lipinski definition) is 2. The Morgan fingerprint density at radius 3 is 2.64 bits per heavy atom. The van der Waals surface area contributed by atoms with Crippen molar-refractivity contribution in [1.29, 1.82) is 0 Å². The zero-order valence-electron chi connectivity index (χ0n) is 7.10. The number of ether oxygens (including phenoxy) is 1. The van der Waals surface area contributed by atoms with Gasteiger partial charge in [0.15, 0.2) is 0 Å². The predicted molar refractivity (Wildman–Crippen MR) is 48.9 cm³/mol. The van der Waals surface area contributed by atoms with Gasteiger partial charge in [-0.3, -0.25) is 4.79 Å². The highest BCUT2D eigenvalue weighted by molar-refractivity contribution is 9.09. The molecule has 0 aliphatic carbocycles. The summed E-state index contributed by atoms with van der Waals surface area (Å²) in [6, 6.07) is 0. The lowest BCUT2D eigenvalue weighted by molar-refractivity contribution is -0.145. The molecular formula is C8H15BrO2. The van der Waals surface area contributed by atoms with Gasteiger partial charge in [-0.25, -0.2) is 0 Å². The number of alkyl halides is 1. The number of carbonyl (C=O) groups is 1. The fourth-order valence-corrected chi connectivity index (χ4v) is 1.29. The molecule has 0 saturated carbocycles. The molecule has 1 atom stereocenters. The van der Waals surface area contributed by atoms with Crippen LogP contribution in [0.15, 0.2) is 0 Å². The lowest BCUT2D eigenvalue weighted by Gasteiger charge is -2.12. The lowest BCUT2D eigenvalue weighted by Crippen LogP contribution is -2.17. The van der Waals surface area contributed by atoms with Crippen LogP contribution in [-0.2, 0) is 9.53 Å².